The molecule has 0 aromatic heterocycles. The summed E-state index contributed by atoms with van der Waals surface area (Å²) in [7, 11) is 0. The van der Waals surface area contributed by atoms with Crippen molar-refractivity contribution in [1.29, 1.82) is 0 Å². The summed E-state index contributed by atoms with van der Waals surface area (Å²) in [6, 6.07) is 0.711. The Hall–Kier alpha value is 0.310. The second-order valence-corrected chi connectivity index (χ2v) is 6.29. The van der Waals surface area contributed by atoms with E-state index >= 15 is 0 Å². The van der Waals surface area contributed by atoms with Gasteiger partial charge in [0.2, 0.25) is 0 Å². The van der Waals surface area contributed by atoms with Gasteiger partial charge in [-0.2, -0.15) is 12.6 Å². The molecule has 2 aliphatic rings. The largest absolute Gasteiger partial charge is 0.300 e. The quantitative estimate of drug-likeness (QED) is 0.682. The molecule has 0 aliphatic heterocycles. The topological polar surface area (TPSA) is 3.24 Å². The van der Waals surface area contributed by atoms with E-state index in [2.05, 4.69) is 31.4 Å². The molecule has 2 saturated carbocycles. The third kappa shape index (κ3) is 2.91. The normalized spacial score (nSPS) is 24.6. The molecule has 2 rings (SSSR count). The second-order valence-electron chi connectivity index (χ2n) is 5.98. The van der Waals surface area contributed by atoms with Gasteiger partial charge in [0.05, 0.1) is 0 Å². The number of hydrogen-bond acceptors (Lipinski definition) is 2. The van der Waals surface area contributed by atoms with Gasteiger partial charge in [-0.3, -0.25) is 0 Å². The fourth-order valence-electron chi connectivity index (χ4n) is 2.56. The van der Waals surface area contributed by atoms with Gasteiger partial charge < -0.3 is 4.90 Å². The van der Waals surface area contributed by atoms with Crippen molar-refractivity contribution in [2.45, 2.75) is 52.0 Å². The smallest absolute Gasteiger partial charge is 0.00486 e. The van der Waals surface area contributed by atoms with Crippen molar-refractivity contribution in [3.63, 3.8) is 0 Å². The summed E-state index contributed by atoms with van der Waals surface area (Å²) in [6.45, 7) is 7.32. The summed E-state index contributed by atoms with van der Waals surface area (Å²) in [6.07, 6.45) is 7.18. The van der Waals surface area contributed by atoms with Gasteiger partial charge in [0.25, 0.3) is 0 Å². The van der Waals surface area contributed by atoms with Crippen LogP contribution in [0.2, 0.25) is 0 Å². The molecule has 0 aromatic carbocycles. The van der Waals surface area contributed by atoms with Crippen molar-refractivity contribution >= 4 is 12.6 Å². The Balaban J connectivity index is 1.86. The van der Waals surface area contributed by atoms with Crippen LogP contribution in [0.4, 0.5) is 0 Å². The summed E-state index contributed by atoms with van der Waals surface area (Å²) >= 11 is 4.56. The van der Waals surface area contributed by atoms with E-state index in [0.29, 0.717) is 11.5 Å². The van der Waals surface area contributed by atoms with Crippen LogP contribution in [0.1, 0.15) is 46.0 Å². The van der Waals surface area contributed by atoms with Crippen molar-refractivity contribution in [2.75, 3.05) is 18.8 Å². The molecule has 88 valence electrons. The first-order chi connectivity index (χ1) is 7.15. The van der Waals surface area contributed by atoms with Crippen LogP contribution in [0.3, 0.4) is 0 Å². The monoisotopic (exact) mass is 227 g/mol. The van der Waals surface area contributed by atoms with Crippen LogP contribution in [-0.4, -0.2) is 29.8 Å². The third-order valence-corrected chi connectivity index (χ3v) is 4.88. The first-order valence-electron chi connectivity index (χ1n) is 6.50. The number of rotatable bonds is 6. The summed E-state index contributed by atoms with van der Waals surface area (Å²) in [5.74, 6) is 2.10. The molecule has 0 spiro atoms. The van der Waals surface area contributed by atoms with E-state index in [0.717, 1.165) is 11.7 Å². The predicted molar refractivity (Wildman–Crippen MR) is 69.6 cm³/mol. The number of hydrogen-bond donors (Lipinski definition) is 1. The maximum Gasteiger partial charge on any atom is 0.00486 e. The standard InChI is InChI=1S/C13H25NS/c1-11(2)14(8-12-4-5-12)9-13(10-15)6-3-7-13/h11-12,15H,3-10H2,1-2H3. The molecule has 0 amide bonds. The van der Waals surface area contributed by atoms with E-state index in [1.165, 1.54) is 45.2 Å². The SMILES string of the molecule is CC(C)N(CC1CC1)CC1(CS)CCC1. The lowest BCUT2D eigenvalue weighted by Crippen LogP contribution is -2.46. The molecule has 0 atom stereocenters. The summed E-state index contributed by atoms with van der Waals surface area (Å²) < 4.78 is 0. The second kappa shape index (κ2) is 4.67. The first-order valence-corrected chi connectivity index (χ1v) is 7.13. The summed E-state index contributed by atoms with van der Waals surface area (Å²) in [5, 5.41) is 0. The van der Waals surface area contributed by atoms with Crippen LogP contribution in [0, 0.1) is 11.3 Å². The van der Waals surface area contributed by atoms with Gasteiger partial charge in [0, 0.05) is 19.1 Å². The zero-order valence-corrected chi connectivity index (χ0v) is 11.1. The van der Waals surface area contributed by atoms with Crippen molar-refractivity contribution in [1.82, 2.24) is 4.90 Å². The van der Waals surface area contributed by atoms with Gasteiger partial charge in [-0.25, -0.2) is 0 Å². The Morgan fingerprint density at radius 2 is 2.00 bits per heavy atom. The lowest BCUT2D eigenvalue weighted by molar-refractivity contribution is 0.0695. The number of thiol groups is 1. The van der Waals surface area contributed by atoms with Crippen LogP contribution < -0.4 is 0 Å². The van der Waals surface area contributed by atoms with Gasteiger partial charge in [-0.05, 0) is 56.6 Å². The van der Waals surface area contributed by atoms with E-state index in [1.807, 2.05) is 0 Å². The van der Waals surface area contributed by atoms with Gasteiger partial charge >= 0.3 is 0 Å². The highest BCUT2D eigenvalue weighted by molar-refractivity contribution is 7.80. The van der Waals surface area contributed by atoms with Gasteiger partial charge in [0.15, 0.2) is 0 Å². The van der Waals surface area contributed by atoms with E-state index in [1.54, 1.807) is 0 Å². The molecule has 0 radical (unpaired) electrons. The fourth-order valence-corrected chi connectivity index (χ4v) is 2.98. The summed E-state index contributed by atoms with van der Waals surface area (Å²) in [4.78, 5) is 2.70. The van der Waals surface area contributed by atoms with Crippen LogP contribution in [0.5, 0.6) is 0 Å². The Labute approximate surface area is 100 Å². The van der Waals surface area contributed by atoms with Crippen LogP contribution in [0.25, 0.3) is 0 Å². The van der Waals surface area contributed by atoms with E-state index in [9.17, 15) is 0 Å². The summed E-state index contributed by atoms with van der Waals surface area (Å²) in [5.41, 5.74) is 0.572. The van der Waals surface area contributed by atoms with Crippen LogP contribution in [0.15, 0.2) is 0 Å². The minimum absolute atomic E-state index is 0.572. The molecule has 0 bridgehead atoms. The zero-order chi connectivity index (χ0) is 10.9. The molecule has 2 aliphatic carbocycles. The van der Waals surface area contributed by atoms with Gasteiger partial charge in [0.1, 0.15) is 0 Å². The molecule has 0 saturated heterocycles. The van der Waals surface area contributed by atoms with Crippen molar-refractivity contribution in [2.24, 2.45) is 11.3 Å². The Bertz CT molecular complexity index is 201. The Morgan fingerprint density at radius 1 is 1.33 bits per heavy atom. The molecule has 0 heterocycles. The van der Waals surface area contributed by atoms with Gasteiger partial charge in [-0.1, -0.05) is 6.42 Å². The fraction of sp³-hybridized carbons (Fsp3) is 1.00. The highest BCUT2D eigenvalue weighted by atomic mass is 32.1. The van der Waals surface area contributed by atoms with Crippen LogP contribution in [-0.2, 0) is 0 Å². The average Bonchev–Trinajstić information content (AvgIpc) is 2.92. The van der Waals surface area contributed by atoms with Gasteiger partial charge in [-0.15, -0.1) is 0 Å². The molecular weight excluding hydrogens is 202 g/mol. The maximum absolute atomic E-state index is 4.56. The molecule has 15 heavy (non-hydrogen) atoms. The van der Waals surface area contributed by atoms with E-state index < -0.39 is 0 Å². The highest BCUT2D eigenvalue weighted by Gasteiger charge is 2.38. The molecule has 2 fully saturated rings. The van der Waals surface area contributed by atoms with Crippen molar-refractivity contribution < 1.29 is 0 Å². The van der Waals surface area contributed by atoms with Crippen molar-refractivity contribution in [3.05, 3.63) is 0 Å². The lowest BCUT2D eigenvalue weighted by Gasteiger charge is -2.45. The van der Waals surface area contributed by atoms with Crippen LogP contribution >= 0.6 is 12.6 Å². The first kappa shape index (κ1) is 11.8. The lowest BCUT2D eigenvalue weighted by atomic mass is 9.69. The van der Waals surface area contributed by atoms with E-state index in [4.69, 9.17) is 0 Å². The molecule has 0 N–H and O–H groups in total. The molecule has 1 nitrogen and oxygen atoms in total. The third-order valence-electron chi connectivity index (χ3n) is 4.21. The van der Waals surface area contributed by atoms with Crippen molar-refractivity contribution in [3.8, 4) is 0 Å². The Morgan fingerprint density at radius 3 is 2.33 bits per heavy atom. The predicted octanol–water partition coefficient (Wildman–Crippen LogP) is 3.21. The zero-order valence-electron chi connectivity index (χ0n) is 10.2. The number of nitrogens with zero attached hydrogens (tertiary/aromatic N) is 1. The Kier molecular flexibility index (Phi) is 3.67. The minimum atomic E-state index is 0.572. The van der Waals surface area contributed by atoms with E-state index in [-0.39, 0.29) is 0 Å². The average molecular weight is 227 g/mol. The molecule has 0 unspecified atom stereocenters. The highest BCUT2D eigenvalue weighted by Crippen LogP contribution is 2.43. The molecular formula is C13H25NS. The molecule has 0 aromatic rings. The minimum Gasteiger partial charge on any atom is -0.300 e. The maximum atomic E-state index is 4.56. The molecule has 2 heteroatoms.